The van der Waals surface area contributed by atoms with Crippen LogP contribution in [0.1, 0.15) is 162 Å². The fourth-order valence-electron chi connectivity index (χ4n) is 5.86. The second kappa shape index (κ2) is 18.8. The molecule has 2 N–H and O–H groups in total. The number of carbonyl (C=O) groups is 1. The van der Waals surface area contributed by atoms with E-state index in [1.807, 2.05) is 12.1 Å². The molecule has 51 heavy (non-hydrogen) atoms. The fourth-order valence-corrected chi connectivity index (χ4v) is 5.86. The zero-order valence-electron chi connectivity index (χ0n) is 32.1. The number of benzene rings is 3. The van der Waals surface area contributed by atoms with Crippen LogP contribution < -0.4 is 5.11 Å². The zero-order chi connectivity index (χ0) is 37.4. The second-order valence-electron chi connectivity index (χ2n) is 14.3. The molecular weight excluding hydrogens is 681 g/mol. The SMILES string of the molecule is CC(=Nc1c(C(C)C)cccc1C(C)C)c1cccc(C(C)=Nc2c(C(C)C)cccc2C(C)C)n1.CC(C)c1ccc(O)c([O-])c1C(=O)O.[Co]. The van der Waals surface area contributed by atoms with E-state index in [-0.39, 0.29) is 28.3 Å². The van der Waals surface area contributed by atoms with E-state index in [2.05, 4.69) is 112 Å². The molecule has 0 spiro atoms. The van der Waals surface area contributed by atoms with Gasteiger partial charge in [0.25, 0.3) is 0 Å². The molecule has 4 rings (SSSR count). The van der Waals surface area contributed by atoms with Crippen molar-refractivity contribution in [2.45, 2.75) is 113 Å². The molecule has 0 aliphatic rings. The van der Waals surface area contributed by atoms with Crippen LogP contribution in [-0.2, 0) is 16.8 Å². The first kappa shape index (κ1) is 42.9. The molecule has 8 heteroatoms. The third-order valence-electron chi connectivity index (χ3n) is 8.74. The normalized spacial score (nSPS) is 12.0. The number of phenolic OH excluding ortho intramolecular Hbond substituents is 1. The Bertz CT molecular complexity index is 1730. The van der Waals surface area contributed by atoms with Crippen molar-refractivity contribution in [2.24, 2.45) is 9.98 Å². The van der Waals surface area contributed by atoms with Crippen LogP contribution >= 0.6 is 0 Å². The predicted molar refractivity (Wildman–Crippen MR) is 206 cm³/mol. The van der Waals surface area contributed by atoms with Crippen molar-refractivity contribution < 1.29 is 36.9 Å². The number of para-hydroxylation sites is 2. The van der Waals surface area contributed by atoms with Crippen LogP contribution in [0, 0.1) is 0 Å². The maximum Gasteiger partial charge on any atom is 0.335 e. The molecule has 7 nitrogen and oxygen atoms in total. The predicted octanol–water partition coefficient (Wildman–Crippen LogP) is 11.1. The summed E-state index contributed by atoms with van der Waals surface area (Å²) in [6.07, 6.45) is 0. The fraction of sp³-hybridized carbons (Fsp3) is 0.395. The second-order valence-corrected chi connectivity index (χ2v) is 14.3. The van der Waals surface area contributed by atoms with Crippen LogP contribution in [0.15, 0.2) is 76.7 Å². The summed E-state index contributed by atoms with van der Waals surface area (Å²) in [5.74, 6) is -1.08. The minimum absolute atomic E-state index is 0. The Balaban J connectivity index is 0.000000505. The van der Waals surface area contributed by atoms with Crippen molar-refractivity contribution in [3.8, 4) is 11.5 Å². The van der Waals surface area contributed by atoms with E-state index in [1.54, 1.807) is 13.8 Å². The molecule has 0 atom stereocenters. The standard InChI is InChI=1S/C33H43N3.C10H12O4.Co/c1-20(2)26-14-11-15-27(21(3)4)32(26)34-24(9)30-18-13-19-31(36-30)25(10)35-33-28(22(5)6)16-12-17-29(33)23(7)8;1-5(2)6-3-4-7(11)9(12)8(6)10(13)14;/h11-23H,1-10H3;3-5,11-12H,1-2H3,(H,13,14);/p-1. The average Bonchev–Trinajstić information content (AvgIpc) is 3.05. The van der Waals surface area contributed by atoms with Gasteiger partial charge in [-0.3, -0.25) is 9.98 Å². The number of hydrogen-bond donors (Lipinski definition) is 2. The maximum absolute atomic E-state index is 11.3. The Labute approximate surface area is 315 Å². The van der Waals surface area contributed by atoms with Gasteiger partial charge in [0, 0.05) is 16.8 Å². The van der Waals surface area contributed by atoms with E-state index >= 15 is 0 Å². The van der Waals surface area contributed by atoms with Crippen LogP contribution in [0.3, 0.4) is 0 Å². The van der Waals surface area contributed by atoms with Gasteiger partial charge in [0.1, 0.15) is 5.75 Å². The van der Waals surface area contributed by atoms with E-state index in [0.717, 1.165) is 34.2 Å². The number of carboxylic acids is 1. The van der Waals surface area contributed by atoms with Crippen molar-refractivity contribution in [3.05, 3.63) is 111 Å². The number of hydrogen-bond acceptors (Lipinski definition) is 6. The Hall–Kier alpha value is -4.27. The Morgan fingerprint density at radius 1 is 0.588 bits per heavy atom. The molecule has 0 saturated heterocycles. The van der Waals surface area contributed by atoms with Crippen LogP contribution in [0.5, 0.6) is 11.5 Å². The van der Waals surface area contributed by atoms with Gasteiger partial charge in [-0.25, -0.2) is 9.78 Å². The Kier molecular flexibility index (Phi) is 15.8. The van der Waals surface area contributed by atoms with Crippen LogP contribution in [0.2, 0.25) is 0 Å². The molecule has 0 saturated carbocycles. The molecule has 1 aromatic heterocycles. The summed E-state index contributed by atoms with van der Waals surface area (Å²) in [4.78, 5) is 26.1. The average molecular weight is 736 g/mol. The molecule has 0 unspecified atom stereocenters. The molecule has 275 valence electrons. The summed E-state index contributed by atoms with van der Waals surface area (Å²) in [6.45, 7) is 25.5. The summed E-state index contributed by atoms with van der Waals surface area (Å²) in [5, 5.41) is 29.2. The van der Waals surface area contributed by atoms with E-state index in [9.17, 15) is 9.90 Å². The summed E-state index contributed by atoms with van der Waals surface area (Å²) in [6, 6.07) is 21.9. The molecule has 0 aliphatic carbocycles. The smallest absolute Gasteiger partial charge is 0.335 e. The molecule has 1 radical (unpaired) electrons. The number of phenols is 1. The van der Waals surface area contributed by atoms with Gasteiger partial charge in [-0.2, -0.15) is 0 Å². The number of aromatic carboxylic acids is 1. The molecule has 1 heterocycles. The minimum atomic E-state index is -1.30. The maximum atomic E-state index is 11.3. The number of pyridine rings is 1. The van der Waals surface area contributed by atoms with Gasteiger partial charge >= 0.3 is 5.97 Å². The van der Waals surface area contributed by atoms with Gasteiger partial charge in [-0.05, 0) is 89.5 Å². The van der Waals surface area contributed by atoms with E-state index < -0.39 is 17.5 Å². The van der Waals surface area contributed by atoms with Gasteiger partial charge in [-0.15, -0.1) is 0 Å². The van der Waals surface area contributed by atoms with Crippen LogP contribution in [-0.4, -0.2) is 32.6 Å². The van der Waals surface area contributed by atoms with Crippen molar-refractivity contribution in [3.63, 3.8) is 0 Å². The van der Waals surface area contributed by atoms with E-state index in [1.165, 1.54) is 34.4 Å². The number of rotatable bonds is 10. The topological polar surface area (TPSA) is 118 Å². The van der Waals surface area contributed by atoms with E-state index in [0.29, 0.717) is 29.2 Å². The molecule has 0 bridgehead atoms. The van der Waals surface area contributed by atoms with Gasteiger partial charge in [0.15, 0.2) is 0 Å². The van der Waals surface area contributed by atoms with Gasteiger partial charge in [-0.1, -0.05) is 124 Å². The largest absolute Gasteiger partial charge is 0.869 e. The number of carboxylic acid groups (broad SMARTS) is 1. The molecule has 4 aromatic rings. The summed E-state index contributed by atoms with van der Waals surface area (Å²) < 4.78 is 0. The van der Waals surface area contributed by atoms with E-state index in [4.69, 9.17) is 25.2 Å². The first-order valence-corrected chi connectivity index (χ1v) is 17.6. The Morgan fingerprint density at radius 2 is 0.922 bits per heavy atom. The third-order valence-corrected chi connectivity index (χ3v) is 8.74. The van der Waals surface area contributed by atoms with Crippen molar-refractivity contribution in [1.82, 2.24) is 4.98 Å². The first-order chi connectivity index (χ1) is 23.5. The van der Waals surface area contributed by atoms with Crippen LogP contribution in [0.4, 0.5) is 11.4 Å². The van der Waals surface area contributed by atoms with Crippen molar-refractivity contribution in [2.75, 3.05) is 0 Å². The van der Waals surface area contributed by atoms with Gasteiger partial charge in [0.2, 0.25) is 0 Å². The van der Waals surface area contributed by atoms with Gasteiger partial charge in [0.05, 0.1) is 39.7 Å². The van der Waals surface area contributed by atoms with Gasteiger partial charge < -0.3 is 15.3 Å². The minimum Gasteiger partial charge on any atom is -0.869 e. The van der Waals surface area contributed by atoms with Crippen molar-refractivity contribution in [1.29, 1.82) is 0 Å². The molecular formula is C43H54CoN3O4-. The molecule has 3 aromatic carbocycles. The van der Waals surface area contributed by atoms with Crippen LogP contribution in [0.25, 0.3) is 0 Å². The molecule has 0 amide bonds. The zero-order valence-corrected chi connectivity index (χ0v) is 33.2. The number of aromatic nitrogens is 1. The number of aromatic hydroxyl groups is 1. The summed E-state index contributed by atoms with van der Waals surface area (Å²) in [7, 11) is 0. The summed E-state index contributed by atoms with van der Waals surface area (Å²) in [5.41, 5.74) is 11.0. The monoisotopic (exact) mass is 735 g/mol. The third kappa shape index (κ3) is 10.6. The molecule has 0 aliphatic heterocycles. The Morgan fingerprint density at radius 3 is 1.24 bits per heavy atom. The molecule has 0 fully saturated rings. The number of aliphatic imine (C=N–C) groups is 2. The quantitative estimate of drug-likeness (QED) is 0.157. The summed E-state index contributed by atoms with van der Waals surface area (Å²) >= 11 is 0. The number of nitrogens with zero attached hydrogens (tertiary/aromatic N) is 3. The van der Waals surface area contributed by atoms with Crippen molar-refractivity contribution >= 4 is 28.8 Å². The first-order valence-electron chi connectivity index (χ1n) is 17.6.